The highest BCUT2D eigenvalue weighted by Crippen LogP contribution is 2.21. The van der Waals surface area contributed by atoms with Crippen LogP contribution in [-0.4, -0.2) is 57.4 Å². The number of amides is 1. The van der Waals surface area contributed by atoms with Gasteiger partial charge >= 0.3 is 6.18 Å². The number of hydrogen-bond donors (Lipinski definition) is 1. The van der Waals surface area contributed by atoms with Crippen molar-refractivity contribution in [3.63, 3.8) is 0 Å². The smallest absolute Gasteiger partial charge is 0.367 e. The third kappa shape index (κ3) is 4.49. The first kappa shape index (κ1) is 19.4. The van der Waals surface area contributed by atoms with E-state index >= 15 is 0 Å². The van der Waals surface area contributed by atoms with Crippen LogP contribution in [0.15, 0.2) is 10.9 Å². The van der Waals surface area contributed by atoms with Gasteiger partial charge in [-0.15, -0.1) is 0 Å². The van der Waals surface area contributed by atoms with Crippen molar-refractivity contribution in [1.29, 1.82) is 0 Å². The van der Waals surface area contributed by atoms with Crippen molar-refractivity contribution in [2.45, 2.75) is 45.4 Å². The van der Waals surface area contributed by atoms with Crippen LogP contribution < -0.4 is 5.56 Å². The van der Waals surface area contributed by atoms with Gasteiger partial charge in [-0.1, -0.05) is 0 Å². The number of H-pyrrole nitrogens is 1. The van der Waals surface area contributed by atoms with Crippen molar-refractivity contribution in [2.75, 3.05) is 19.7 Å². The summed E-state index contributed by atoms with van der Waals surface area (Å²) in [7, 11) is 0. The Hall–Kier alpha value is -2.36. The minimum absolute atomic E-state index is 0.0623. The van der Waals surface area contributed by atoms with Crippen molar-refractivity contribution in [2.24, 2.45) is 0 Å². The first-order valence-electron chi connectivity index (χ1n) is 8.68. The first-order valence-corrected chi connectivity index (χ1v) is 8.68. The van der Waals surface area contributed by atoms with Crippen LogP contribution in [0, 0.1) is 13.8 Å². The average Bonchev–Trinajstić information content (AvgIpc) is 2.96. The quantitative estimate of drug-likeness (QED) is 0.868. The summed E-state index contributed by atoms with van der Waals surface area (Å²) in [5, 5.41) is 2.63. The molecule has 7 nitrogen and oxygen atoms in total. The number of ether oxygens (including phenoxy) is 1. The number of fused-ring (bicyclic) bond motifs is 1. The third-order valence-corrected chi connectivity index (χ3v) is 4.74. The van der Waals surface area contributed by atoms with E-state index in [1.54, 1.807) is 13.8 Å². The van der Waals surface area contributed by atoms with E-state index in [0.29, 0.717) is 42.0 Å². The molecule has 1 atom stereocenters. The van der Waals surface area contributed by atoms with Gasteiger partial charge in [-0.2, -0.15) is 13.2 Å². The lowest BCUT2D eigenvalue weighted by atomic mass is 10.0. The molecule has 3 rings (SSSR count). The molecule has 0 spiro atoms. The van der Waals surface area contributed by atoms with Crippen LogP contribution >= 0.6 is 0 Å². The summed E-state index contributed by atoms with van der Waals surface area (Å²) >= 11 is 0. The van der Waals surface area contributed by atoms with Crippen LogP contribution in [0.4, 0.5) is 13.2 Å². The molecule has 1 aliphatic rings. The predicted octanol–water partition coefficient (Wildman–Crippen LogP) is 1.75. The number of piperidine rings is 1. The molecular weight excluding hydrogens is 365 g/mol. The fourth-order valence-corrected chi connectivity index (χ4v) is 3.39. The Morgan fingerprint density at radius 1 is 1.41 bits per heavy atom. The number of aromatic amines is 1. The van der Waals surface area contributed by atoms with E-state index in [-0.39, 0.29) is 24.4 Å². The number of alkyl halides is 3. The SMILES string of the molecule is Cc1nc2cc(=O)[nH]n2c(C)c1CC(=O)N1CCCC(OCC(F)(F)F)C1. The summed E-state index contributed by atoms with van der Waals surface area (Å²) in [6.07, 6.45) is -3.85. The Kier molecular flexibility index (Phi) is 5.27. The predicted molar refractivity (Wildman–Crippen MR) is 90.6 cm³/mol. The van der Waals surface area contributed by atoms with Gasteiger partial charge in [0.25, 0.3) is 5.56 Å². The van der Waals surface area contributed by atoms with Crippen LogP contribution in [0.5, 0.6) is 0 Å². The van der Waals surface area contributed by atoms with Crippen LogP contribution in [0.1, 0.15) is 29.8 Å². The molecule has 0 radical (unpaired) electrons. The number of aryl methyl sites for hydroxylation is 2. The number of nitrogens with zero attached hydrogens (tertiary/aromatic N) is 3. The maximum atomic E-state index is 12.7. The highest BCUT2D eigenvalue weighted by molar-refractivity contribution is 5.79. The number of carbonyl (C=O) groups excluding carboxylic acids is 1. The summed E-state index contributed by atoms with van der Waals surface area (Å²) in [4.78, 5) is 30.1. The van der Waals surface area contributed by atoms with Gasteiger partial charge in [0.1, 0.15) is 6.61 Å². The highest BCUT2D eigenvalue weighted by atomic mass is 19.4. The molecule has 3 heterocycles. The number of likely N-dealkylation sites (tertiary alicyclic amines) is 1. The van der Waals surface area contributed by atoms with Gasteiger partial charge in [0.05, 0.1) is 12.5 Å². The van der Waals surface area contributed by atoms with Gasteiger partial charge in [0.15, 0.2) is 5.65 Å². The highest BCUT2D eigenvalue weighted by Gasteiger charge is 2.32. The standard InChI is InChI=1S/C17H21F3N4O3/c1-10-13(11(2)24-14(21-10)7-15(25)22-24)6-16(26)23-5-3-4-12(8-23)27-9-17(18,19)20/h7,12H,3-6,8-9H2,1-2H3,(H,22,25). The molecule has 0 aliphatic carbocycles. The summed E-state index contributed by atoms with van der Waals surface area (Å²) in [5.41, 5.74) is 2.23. The number of rotatable bonds is 4. The lowest BCUT2D eigenvalue weighted by Crippen LogP contribution is -2.44. The van der Waals surface area contributed by atoms with Gasteiger partial charge in [-0.05, 0) is 26.7 Å². The number of halogens is 3. The largest absolute Gasteiger partial charge is 0.411 e. The van der Waals surface area contributed by atoms with Gasteiger partial charge in [-0.25, -0.2) is 9.50 Å². The number of nitrogens with one attached hydrogen (secondary N) is 1. The fourth-order valence-electron chi connectivity index (χ4n) is 3.39. The normalized spacial score (nSPS) is 18.3. The van der Waals surface area contributed by atoms with Crippen molar-refractivity contribution >= 4 is 11.6 Å². The van der Waals surface area contributed by atoms with Crippen molar-refractivity contribution in [1.82, 2.24) is 19.5 Å². The fraction of sp³-hybridized carbons (Fsp3) is 0.588. The second-order valence-electron chi connectivity index (χ2n) is 6.78. The molecule has 1 saturated heterocycles. The molecule has 1 aliphatic heterocycles. The second kappa shape index (κ2) is 7.34. The molecular formula is C17H21F3N4O3. The topological polar surface area (TPSA) is 79.7 Å². The minimum Gasteiger partial charge on any atom is -0.367 e. The Balaban J connectivity index is 1.71. The molecule has 0 saturated carbocycles. The summed E-state index contributed by atoms with van der Waals surface area (Å²) in [5.74, 6) is -0.197. The Labute approximate surface area is 153 Å². The maximum absolute atomic E-state index is 12.7. The Bertz CT molecular complexity index is 903. The van der Waals surface area contributed by atoms with Crippen LogP contribution in [0.25, 0.3) is 5.65 Å². The van der Waals surface area contributed by atoms with E-state index in [0.717, 1.165) is 0 Å². The molecule has 1 amide bonds. The number of aromatic nitrogens is 3. The van der Waals surface area contributed by atoms with E-state index in [2.05, 4.69) is 10.1 Å². The molecule has 10 heteroatoms. The summed E-state index contributed by atoms with van der Waals surface area (Å²) in [6.45, 7) is 2.87. The first-order chi connectivity index (χ1) is 12.6. The maximum Gasteiger partial charge on any atom is 0.411 e. The van der Waals surface area contributed by atoms with E-state index in [9.17, 15) is 22.8 Å². The third-order valence-electron chi connectivity index (χ3n) is 4.74. The lowest BCUT2D eigenvalue weighted by molar-refractivity contribution is -0.190. The molecule has 2 aromatic rings. The number of carbonyl (C=O) groups is 1. The molecule has 1 unspecified atom stereocenters. The Morgan fingerprint density at radius 3 is 2.85 bits per heavy atom. The van der Waals surface area contributed by atoms with Crippen molar-refractivity contribution in [3.8, 4) is 0 Å². The van der Waals surface area contributed by atoms with Crippen LogP contribution in [-0.2, 0) is 16.0 Å². The van der Waals surface area contributed by atoms with Gasteiger partial charge in [0, 0.05) is 36.1 Å². The molecule has 27 heavy (non-hydrogen) atoms. The van der Waals surface area contributed by atoms with Gasteiger partial charge < -0.3 is 9.64 Å². The lowest BCUT2D eigenvalue weighted by Gasteiger charge is -2.33. The van der Waals surface area contributed by atoms with Crippen molar-refractivity contribution in [3.05, 3.63) is 33.4 Å². The van der Waals surface area contributed by atoms with E-state index < -0.39 is 18.9 Å². The monoisotopic (exact) mass is 386 g/mol. The summed E-state index contributed by atoms with van der Waals surface area (Å²) < 4.78 is 43.4. The summed E-state index contributed by atoms with van der Waals surface area (Å²) in [6, 6.07) is 1.37. The van der Waals surface area contributed by atoms with Crippen LogP contribution in [0.2, 0.25) is 0 Å². The van der Waals surface area contributed by atoms with E-state index in [1.807, 2.05) is 0 Å². The van der Waals surface area contributed by atoms with Crippen LogP contribution in [0.3, 0.4) is 0 Å². The average molecular weight is 386 g/mol. The molecule has 0 bridgehead atoms. The zero-order chi connectivity index (χ0) is 19.8. The molecule has 148 valence electrons. The zero-order valence-electron chi connectivity index (χ0n) is 15.1. The van der Waals surface area contributed by atoms with E-state index in [1.165, 1.54) is 15.5 Å². The molecule has 1 fully saturated rings. The van der Waals surface area contributed by atoms with E-state index in [4.69, 9.17) is 4.74 Å². The number of hydrogen-bond acceptors (Lipinski definition) is 4. The zero-order valence-corrected chi connectivity index (χ0v) is 15.1. The van der Waals surface area contributed by atoms with Gasteiger partial charge in [-0.3, -0.25) is 14.7 Å². The molecule has 2 aromatic heterocycles. The van der Waals surface area contributed by atoms with Crippen molar-refractivity contribution < 1.29 is 22.7 Å². The second-order valence-corrected chi connectivity index (χ2v) is 6.78. The van der Waals surface area contributed by atoms with Gasteiger partial charge in [0.2, 0.25) is 5.91 Å². The Morgan fingerprint density at radius 2 is 2.15 bits per heavy atom. The molecule has 1 N–H and O–H groups in total. The molecule has 0 aromatic carbocycles. The minimum atomic E-state index is -4.38.